The Morgan fingerprint density at radius 1 is 1.35 bits per heavy atom. The Morgan fingerprint density at radius 3 is 2.57 bits per heavy atom. The molecule has 1 fully saturated rings. The number of carbonyl (C=O) groups is 1. The minimum atomic E-state index is -0.189. The number of rotatable bonds is 8. The van der Waals surface area contributed by atoms with Gasteiger partial charge in [0, 0.05) is 12.2 Å². The van der Waals surface area contributed by atoms with Crippen LogP contribution >= 0.6 is 0 Å². The molecule has 1 amide bonds. The first-order valence-corrected chi connectivity index (χ1v) is 7.67. The van der Waals surface area contributed by atoms with Crippen molar-refractivity contribution in [3.8, 4) is 17.2 Å². The number of benzene rings is 1. The van der Waals surface area contributed by atoms with E-state index in [2.05, 4.69) is 5.32 Å². The molecule has 128 valence electrons. The normalized spacial score (nSPS) is 16.9. The van der Waals surface area contributed by atoms with Crippen molar-refractivity contribution in [1.29, 1.82) is 0 Å². The molecule has 1 heterocycles. The van der Waals surface area contributed by atoms with Crippen LogP contribution in [-0.4, -0.2) is 52.5 Å². The summed E-state index contributed by atoms with van der Waals surface area (Å²) >= 11 is 0. The summed E-state index contributed by atoms with van der Waals surface area (Å²) in [5, 5.41) is 2.94. The van der Waals surface area contributed by atoms with Crippen LogP contribution < -0.4 is 25.3 Å². The Hall–Kier alpha value is -1.99. The monoisotopic (exact) mass is 324 g/mol. The summed E-state index contributed by atoms with van der Waals surface area (Å²) < 4.78 is 21.6. The second-order valence-electron chi connectivity index (χ2n) is 5.23. The van der Waals surface area contributed by atoms with Crippen molar-refractivity contribution in [2.45, 2.75) is 18.9 Å². The van der Waals surface area contributed by atoms with E-state index in [1.807, 2.05) is 0 Å². The third-order valence-electron chi connectivity index (χ3n) is 3.58. The summed E-state index contributed by atoms with van der Waals surface area (Å²) in [4.78, 5) is 12.4. The lowest BCUT2D eigenvalue weighted by Crippen LogP contribution is -2.35. The molecule has 1 aromatic carbocycles. The molecule has 0 aromatic heterocycles. The highest BCUT2D eigenvalue weighted by Crippen LogP contribution is 2.38. The Bertz CT molecular complexity index is 504. The summed E-state index contributed by atoms with van der Waals surface area (Å²) in [5.74, 6) is 1.19. The van der Waals surface area contributed by atoms with E-state index in [1.54, 1.807) is 12.1 Å². The van der Waals surface area contributed by atoms with Crippen LogP contribution in [0.3, 0.4) is 0 Å². The smallest absolute Gasteiger partial charge is 0.251 e. The average molecular weight is 324 g/mol. The van der Waals surface area contributed by atoms with Crippen LogP contribution in [-0.2, 0) is 4.74 Å². The van der Waals surface area contributed by atoms with Gasteiger partial charge in [-0.2, -0.15) is 0 Å². The zero-order valence-corrected chi connectivity index (χ0v) is 13.6. The summed E-state index contributed by atoms with van der Waals surface area (Å²) in [7, 11) is 3.05. The number of hydrogen-bond acceptors (Lipinski definition) is 6. The lowest BCUT2D eigenvalue weighted by molar-refractivity contribution is 0.0929. The molecular formula is C16H24N2O5. The zero-order chi connectivity index (χ0) is 16.7. The number of carbonyl (C=O) groups excluding carboxylic acids is 1. The fraction of sp³-hybridized carbons (Fsp3) is 0.562. The van der Waals surface area contributed by atoms with E-state index < -0.39 is 0 Å². The lowest BCUT2D eigenvalue weighted by atomic mass is 10.1. The minimum Gasteiger partial charge on any atom is -0.493 e. The van der Waals surface area contributed by atoms with Crippen molar-refractivity contribution in [3.05, 3.63) is 17.7 Å². The SMILES string of the molecule is COc1cc(C(=O)N[C@@H]2CCOC2)cc(OC)c1OCCCN. The molecule has 1 aliphatic heterocycles. The van der Waals surface area contributed by atoms with Crippen molar-refractivity contribution < 1.29 is 23.7 Å². The topological polar surface area (TPSA) is 92.0 Å². The summed E-state index contributed by atoms with van der Waals surface area (Å²) in [6.45, 7) is 2.20. The van der Waals surface area contributed by atoms with Crippen LogP contribution in [0, 0.1) is 0 Å². The first-order chi connectivity index (χ1) is 11.2. The van der Waals surface area contributed by atoms with Crippen molar-refractivity contribution in [2.24, 2.45) is 5.73 Å². The third kappa shape index (κ3) is 4.49. The molecule has 1 aromatic rings. The molecule has 1 saturated heterocycles. The minimum absolute atomic E-state index is 0.0416. The van der Waals surface area contributed by atoms with Crippen molar-refractivity contribution in [2.75, 3.05) is 40.6 Å². The van der Waals surface area contributed by atoms with Crippen LogP contribution in [0.1, 0.15) is 23.2 Å². The van der Waals surface area contributed by atoms with E-state index in [0.717, 1.165) is 12.8 Å². The van der Waals surface area contributed by atoms with Crippen molar-refractivity contribution >= 4 is 5.91 Å². The number of methoxy groups -OCH3 is 2. The van der Waals surface area contributed by atoms with Crippen LogP contribution in [0.4, 0.5) is 0 Å². The summed E-state index contributed by atoms with van der Waals surface area (Å²) in [6, 6.07) is 3.33. The molecule has 0 radical (unpaired) electrons. The maximum Gasteiger partial charge on any atom is 0.251 e. The summed E-state index contributed by atoms with van der Waals surface area (Å²) in [6.07, 6.45) is 1.54. The second-order valence-corrected chi connectivity index (χ2v) is 5.23. The van der Waals surface area contributed by atoms with Gasteiger partial charge >= 0.3 is 0 Å². The third-order valence-corrected chi connectivity index (χ3v) is 3.58. The zero-order valence-electron chi connectivity index (χ0n) is 13.6. The number of hydrogen-bond donors (Lipinski definition) is 2. The molecule has 23 heavy (non-hydrogen) atoms. The van der Waals surface area contributed by atoms with Gasteiger partial charge in [0.1, 0.15) is 0 Å². The molecule has 1 atom stereocenters. The van der Waals surface area contributed by atoms with Gasteiger partial charge in [-0.1, -0.05) is 0 Å². The van der Waals surface area contributed by atoms with Gasteiger partial charge in [0.05, 0.1) is 33.5 Å². The highest BCUT2D eigenvalue weighted by Gasteiger charge is 2.21. The maximum absolute atomic E-state index is 12.4. The molecule has 7 heteroatoms. The molecular weight excluding hydrogens is 300 g/mol. The van der Waals surface area contributed by atoms with Gasteiger partial charge in [-0.3, -0.25) is 4.79 Å². The number of amides is 1. The fourth-order valence-corrected chi connectivity index (χ4v) is 2.33. The second kappa shape index (κ2) is 8.59. The molecule has 7 nitrogen and oxygen atoms in total. The van der Waals surface area contributed by atoms with E-state index in [-0.39, 0.29) is 11.9 Å². The predicted octanol–water partition coefficient (Wildman–Crippen LogP) is 0.950. The number of ether oxygens (including phenoxy) is 4. The van der Waals surface area contributed by atoms with E-state index in [4.69, 9.17) is 24.7 Å². The quantitative estimate of drug-likeness (QED) is 0.692. The summed E-state index contributed by atoms with van der Waals surface area (Å²) in [5.41, 5.74) is 5.93. The van der Waals surface area contributed by atoms with Gasteiger partial charge in [-0.25, -0.2) is 0 Å². The van der Waals surface area contributed by atoms with E-state index in [0.29, 0.717) is 49.2 Å². The van der Waals surface area contributed by atoms with Gasteiger partial charge in [0.2, 0.25) is 5.75 Å². The van der Waals surface area contributed by atoms with Crippen LogP contribution in [0.15, 0.2) is 12.1 Å². The van der Waals surface area contributed by atoms with Crippen LogP contribution in [0.25, 0.3) is 0 Å². The van der Waals surface area contributed by atoms with Crippen LogP contribution in [0.5, 0.6) is 17.2 Å². The van der Waals surface area contributed by atoms with Gasteiger partial charge in [0.15, 0.2) is 11.5 Å². The fourth-order valence-electron chi connectivity index (χ4n) is 2.33. The molecule has 0 unspecified atom stereocenters. The Morgan fingerprint density at radius 2 is 2.04 bits per heavy atom. The molecule has 0 saturated carbocycles. The largest absolute Gasteiger partial charge is 0.493 e. The van der Waals surface area contributed by atoms with E-state index >= 15 is 0 Å². The standard InChI is InChI=1S/C16H24N2O5/c1-20-13-8-11(16(19)18-12-4-7-22-10-12)9-14(21-2)15(13)23-6-3-5-17/h8-9,12H,3-7,10,17H2,1-2H3,(H,18,19)/t12-/m1/s1. The number of nitrogens with one attached hydrogen (secondary N) is 1. The predicted molar refractivity (Wildman–Crippen MR) is 85.4 cm³/mol. The van der Waals surface area contributed by atoms with Crippen molar-refractivity contribution in [1.82, 2.24) is 5.32 Å². The van der Waals surface area contributed by atoms with Gasteiger partial charge in [-0.05, 0) is 31.5 Å². The number of nitrogens with two attached hydrogens (primary N) is 1. The highest BCUT2D eigenvalue weighted by atomic mass is 16.5. The Labute approximate surface area is 136 Å². The molecule has 0 bridgehead atoms. The van der Waals surface area contributed by atoms with E-state index in [1.165, 1.54) is 14.2 Å². The van der Waals surface area contributed by atoms with Crippen LogP contribution in [0.2, 0.25) is 0 Å². The average Bonchev–Trinajstić information content (AvgIpc) is 3.07. The first-order valence-electron chi connectivity index (χ1n) is 7.67. The Balaban J connectivity index is 2.18. The highest BCUT2D eigenvalue weighted by molar-refractivity contribution is 5.95. The van der Waals surface area contributed by atoms with Crippen molar-refractivity contribution in [3.63, 3.8) is 0 Å². The van der Waals surface area contributed by atoms with Gasteiger partial charge in [-0.15, -0.1) is 0 Å². The molecule has 0 spiro atoms. The van der Waals surface area contributed by atoms with Gasteiger partial charge in [0.25, 0.3) is 5.91 Å². The molecule has 0 aliphatic carbocycles. The molecule has 2 rings (SSSR count). The molecule has 3 N–H and O–H groups in total. The lowest BCUT2D eigenvalue weighted by Gasteiger charge is -2.17. The first kappa shape index (κ1) is 17.4. The molecule has 1 aliphatic rings. The maximum atomic E-state index is 12.4. The Kier molecular flexibility index (Phi) is 6.49. The van der Waals surface area contributed by atoms with E-state index in [9.17, 15) is 4.79 Å². The van der Waals surface area contributed by atoms with Gasteiger partial charge < -0.3 is 30.0 Å².